The monoisotopic (exact) mass is 497 g/mol. The first-order valence-corrected chi connectivity index (χ1v) is 8.74. The summed E-state index contributed by atoms with van der Waals surface area (Å²) < 4.78 is 16.2. The first-order valence-electron chi connectivity index (χ1n) is 8.74. The summed E-state index contributed by atoms with van der Waals surface area (Å²) in [6, 6.07) is 13.6. The van der Waals surface area contributed by atoms with Gasteiger partial charge < -0.3 is 25.3 Å². The number of benzene rings is 2. The summed E-state index contributed by atoms with van der Waals surface area (Å²) in [5.74, 6) is 2.62. The highest BCUT2D eigenvalue weighted by atomic mass is 127. The molecule has 28 heavy (non-hydrogen) atoms. The SMILES string of the molecule is C=CCOc1ccccc1CN=C(N)NCCc1ccc(OC)c(OC)c1.I. The van der Waals surface area contributed by atoms with Gasteiger partial charge in [0.2, 0.25) is 0 Å². The Balaban J connectivity index is 0.00000392. The number of halogens is 1. The average Bonchev–Trinajstić information content (AvgIpc) is 2.71. The molecular formula is C21H28IN3O3. The van der Waals surface area contributed by atoms with Gasteiger partial charge in [-0.15, -0.1) is 24.0 Å². The Morgan fingerprint density at radius 2 is 1.86 bits per heavy atom. The van der Waals surface area contributed by atoms with Gasteiger partial charge in [-0.1, -0.05) is 36.9 Å². The van der Waals surface area contributed by atoms with Crippen LogP contribution in [0.3, 0.4) is 0 Å². The Bertz CT molecular complexity index is 781. The van der Waals surface area contributed by atoms with Crippen LogP contribution in [-0.4, -0.2) is 33.3 Å². The van der Waals surface area contributed by atoms with Gasteiger partial charge in [-0.2, -0.15) is 0 Å². The number of ether oxygens (including phenoxy) is 3. The van der Waals surface area contributed by atoms with Crippen LogP contribution in [0, 0.1) is 0 Å². The van der Waals surface area contributed by atoms with Crippen LogP contribution in [0.2, 0.25) is 0 Å². The van der Waals surface area contributed by atoms with Crippen molar-refractivity contribution in [2.24, 2.45) is 10.7 Å². The van der Waals surface area contributed by atoms with E-state index in [0.29, 0.717) is 37.2 Å². The minimum absolute atomic E-state index is 0. The lowest BCUT2D eigenvalue weighted by Gasteiger charge is -2.11. The largest absolute Gasteiger partial charge is 0.493 e. The second kappa shape index (κ2) is 12.9. The summed E-state index contributed by atoms with van der Waals surface area (Å²) in [4.78, 5) is 4.39. The Labute approximate surface area is 183 Å². The molecule has 0 aliphatic carbocycles. The smallest absolute Gasteiger partial charge is 0.188 e. The lowest BCUT2D eigenvalue weighted by atomic mass is 10.1. The molecule has 0 fully saturated rings. The van der Waals surface area contributed by atoms with Crippen molar-refractivity contribution in [3.8, 4) is 17.2 Å². The van der Waals surface area contributed by atoms with Crippen molar-refractivity contribution in [1.82, 2.24) is 5.32 Å². The topological polar surface area (TPSA) is 78.1 Å². The minimum Gasteiger partial charge on any atom is -0.493 e. The number of methoxy groups -OCH3 is 2. The van der Waals surface area contributed by atoms with Crippen LogP contribution in [0.25, 0.3) is 0 Å². The van der Waals surface area contributed by atoms with Gasteiger partial charge in [0.1, 0.15) is 12.4 Å². The molecule has 2 aromatic rings. The highest BCUT2D eigenvalue weighted by molar-refractivity contribution is 14.0. The minimum atomic E-state index is 0. The van der Waals surface area contributed by atoms with Gasteiger partial charge in [0.15, 0.2) is 17.5 Å². The molecule has 0 aromatic heterocycles. The number of hydrogen-bond donors (Lipinski definition) is 2. The van der Waals surface area contributed by atoms with Gasteiger partial charge in [-0.3, -0.25) is 0 Å². The van der Waals surface area contributed by atoms with E-state index in [1.807, 2.05) is 42.5 Å². The predicted octanol–water partition coefficient (Wildman–Crippen LogP) is 3.53. The van der Waals surface area contributed by atoms with Crippen molar-refractivity contribution in [2.45, 2.75) is 13.0 Å². The maximum atomic E-state index is 5.97. The first kappa shape index (κ1) is 23.6. The molecule has 152 valence electrons. The summed E-state index contributed by atoms with van der Waals surface area (Å²) >= 11 is 0. The quantitative estimate of drug-likeness (QED) is 0.227. The Morgan fingerprint density at radius 3 is 2.57 bits per heavy atom. The van der Waals surface area contributed by atoms with Gasteiger partial charge in [0, 0.05) is 12.1 Å². The number of nitrogens with two attached hydrogens (primary N) is 1. The van der Waals surface area contributed by atoms with Gasteiger partial charge >= 0.3 is 0 Å². The van der Waals surface area contributed by atoms with E-state index in [1.165, 1.54) is 0 Å². The number of guanidine groups is 1. The molecule has 7 heteroatoms. The number of nitrogens with zero attached hydrogens (tertiary/aromatic N) is 1. The van der Waals surface area contributed by atoms with Crippen LogP contribution < -0.4 is 25.3 Å². The van der Waals surface area contributed by atoms with Gasteiger partial charge in [-0.05, 0) is 30.2 Å². The highest BCUT2D eigenvalue weighted by Gasteiger charge is 2.05. The number of nitrogens with one attached hydrogen (secondary N) is 1. The van der Waals surface area contributed by atoms with Gasteiger partial charge in [0.25, 0.3) is 0 Å². The second-order valence-corrected chi connectivity index (χ2v) is 5.77. The Kier molecular flexibility index (Phi) is 10.9. The molecule has 0 spiro atoms. The standard InChI is InChI=1S/C21H27N3O3.HI/c1-4-13-27-18-8-6-5-7-17(18)15-24-21(22)23-12-11-16-9-10-19(25-2)20(14-16)26-3;/h4-10,14H,1,11-13,15H2,2-3H3,(H3,22,23,24);1H. The molecule has 0 aliphatic rings. The van der Waals surface area contributed by atoms with Crippen LogP contribution in [0.1, 0.15) is 11.1 Å². The fourth-order valence-electron chi connectivity index (χ4n) is 2.52. The maximum Gasteiger partial charge on any atom is 0.188 e. The van der Waals surface area contributed by atoms with E-state index < -0.39 is 0 Å². The third-order valence-electron chi connectivity index (χ3n) is 3.92. The lowest BCUT2D eigenvalue weighted by molar-refractivity contribution is 0.354. The molecule has 0 aliphatic heterocycles. The van der Waals surface area contributed by atoms with Crippen molar-refractivity contribution in [2.75, 3.05) is 27.4 Å². The normalized spacial score (nSPS) is 10.6. The zero-order chi connectivity index (χ0) is 19.5. The highest BCUT2D eigenvalue weighted by Crippen LogP contribution is 2.27. The Morgan fingerprint density at radius 1 is 1.11 bits per heavy atom. The molecule has 0 saturated heterocycles. The van der Waals surface area contributed by atoms with E-state index in [-0.39, 0.29) is 24.0 Å². The average molecular weight is 497 g/mol. The molecule has 0 amide bonds. The molecular weight excluding hydrogens is 469 g/mol. The number of hydrogen-bond acceptors (Lipinski definition) is 4. The van der Waals surface area contributed by atoms with Crippen molar-refractivity contribution in [3.05, 3.63) is 66.2 Å². The van der Waals surface area contributed by atoms with Gasteiger partial charge in [0.05, 0.1) is 20.8 Å². The van der Waals surface area contributed by atoms with Crippen LogP contribution >= 0.6 is 24.0 Å². The molecule has 0 unspecified atom stereocenters. The molecule has 0 bridgehead atoms. The molecule has 0 atom stereocenters. The van der Waals surface area contributed by atoms with Crippen LogP contribution in [-0.2, 0) is 13.0 Å². The van der Waals surface area contributed by atoms with E-state index >= 15 is 0 Å². The van der Waals surface area contributed by atoms with E-state index in [9.17, 15) is 0 Å². The van der Waals surface area contributed by atoms with Crippen LogP contribution in [0.5, 0.6) is 17.2 Å². The second-order valence-electron chi connectivity index (χ2n) is 5.77. The van der Waals surface area contributed by atoms with E-state index in [1.54, 1.807) is 20.3 Å². The zero-order valence-electron chi connectivity index (χ0n) is 16.3. The molecule has 3 N–H and O–H groups in total. The summed E-state index contributed by atoms with van der Waals surface area (Å²) in [7, 11) is 3.25. The summed E-state index contributed by atoms with van der Waals surface area (Å²) in [5, 5.41) is 3.13. The third-order valence-corrected chi connectivity index (χ3v) is 3.92. The lowest BCUT2D eigenvalue weighted by Crippen LogP contribution is -2.33. The molecule has 2 rings (SSSR count). The van der Waals surface area contributed by atoms with Crippen molar-refractivity contribution < 1.29 is 14.2 Å². The summed E-state index contributed by atoms with van der Waals surface area (Å²) in [6.45, 7) is 5.23. The van der Waals surface area contributed by atoms with E-state index in [4.69, 9.17) is 19.9 Å². The molecule has 6 nitrogen and oxygen atoms in total. The van der Waals surface area contributed by atoms with Gasteiger partial charge in [-0.25, -0.2) is 4.99 Å². The fraction of sp³-hybridized carbons (Fsp3) is 0.286. The zero-order valence-corrected chi connectivity index (χ0v) is 18.6. The number of rotatable bonds is 10. The molecule has 0 heterocycles. The van der Waals surface area contributed by atoms with E-state index in [0.717, 1.165) is 23.3 Å². The van der Waals surface area contributed by atoms with Crippen molar-refractivity contribution >= 4 is 29.9 Å². The number of para-hydroxylation sites is 1. The van der Waals surface area contributed by atoms with Crippen molar-refractivity contribution in [1.29, 1.82) is 0 Å². The summed E-state index contributed by atoms with van der Waals surface area (Å²) in [6.07, 6.45) is 2.50. The number of aliphatic imine (C=N–C) groups is 1. The first-order chi connectivity index (χ1) is 13.2. The van der Waals surface area contributed by atoms with Crippen LogP contribution in [0.4, 0.5) is 0 Å². The predicted molar refractivity (Wildman–Crippen MR) is 124 cm³/mol. The molecule has 0 radical (unpaired) electrons. The summed E-state index contributed by atoms with van der Waals surface area (Å²) in [5.41, 5.74) is 8.07. The van der Waals surface area contributed by atoms with Crippen molar-refractivity contribution in [3.63, 3.8) is 0 Å². The molecule has 0 saturated carbocycles. The Hall–Kier alpha value is -2.42. The van der Waals surface area contributed by atoms with E-state index in [2.05, 4.69) is 16.9 Å². The molecule has 2 aromatic carbocycles. The third kappa shape index (κ3) is 7.30. The van der Waals surface area contributed by atoms with Crippen LogP contribution in [0.15, 0.2) is 60.1 Å². The fourth-order valence-corrected chi connectivity index (χ4v) is 2.52. The maximum absolute atomic E-state index is 5.97.